The quantitative estimate of drug-likeness (QED) is 0.0308. The molecule has 0 atom stereocenters. The Bertz CT molecular complexity index is 1890. The topological polar surface area (TPSA) is 98.7 Å². The number of fused-ring (bicyclic) bond motifs is 4. The van der Waals surface area contributed by atoms with E-state index in [4.69, 9.17) is 9.47 Å². The van der Waals surface area contributed by atoms with Gasteiger partial charge in [0.1, 0.15) is 23.0 Å². The molecule has 4 aromatic carbocycles. The Morgan fingerprint density at radius 1 is 0.388 bits per heavy atom. The molecule has 0 aromatic heterocycles. The molecule has 2 heterocycles. The largest absolute Gasteiger partial charge is 2.00 e. The number of ether oxygens (including phenoxy) is 2. The molecule has 0 spiro atoms. The van der Waals surface area contributed by atoms with Crippen molar-refractivity contribution in [3.05, 3.63) is 117 Å². The number of hydrogen-bond donors (Lipinski definition) is 0. The second kappa shape index (κ2) is 33.0. The summed E-state index contributed by atoms with van der Waals surface area (Å²) in [6, 6.07) is 23.3. The van der Waals surface area contributed by atoms with Crippen LogP contribution in [0.3, 0.4) is 0 Å². The average Bonchev–Trinajstić information content (AvgIpc) is 3.32. The van der Waals surface area contributed by atoms with Gasteiger partial charge in [-0.05, 0) is 72.2 Å². The first-order valence-electron chi connectivity index (χ1n) is 26.6. The van der Waals surface area contributed by atoms with E-state index in [1.165, 1.54) is 154 Å². The molecular weight excluding hydrogens is 929 g/mol. The number of carbonyl (C=O) groups is 2. The van der Waals surface area contributed by atoms with E-state index in [2.05, 4.69) is 13.8 Å². The van der Waals surface area contributed by atoms with Crippen molar-refractivity contribution in [2.45, 2.75) is 219 Å². The van der Waals surface area contributed by atoms with Crippen LogP contribution in [0.15, 0.2) is 72.8 Å². The van der Waals surface area contributed by atoms with E-state index in [1.54, 1.807) is 0 Å². The molecule has 0 bridgehead atoms. The fraction of sp³-hybridized carbons (Fsp3) is 0.567. The van der Waals surface area contributed by atoms with Gasteiger partial charge in [-0.15, -0.1) is 0 Å². The zero-order chi connectivity index (χ0) is 46.6. The van der Waals surface area contributed by atoms with Crippen LogP contribution in [-0.2, 0) is 53.0 Å². The van der Waals surface area contributed by atoms with E-state index in [0.29, 0.717) is 35.5 Å². The summed E-state index contributed by atoms with van der Waals surface area (Å²) in [6.45, 7) is 4.54. The van der Waals surface area contributed by atoms with E-state index in [0.717, 1.165) is 83.4 Å². The molecule has 360 valence electrons. The van der Waals surface area contributed by atoms with E-state index in [-0.39, 0.29) is 27.3 Å². The minimum Gasteiger partial charge on any atom is -0.545 e. The summed E-state index contributed by atoms with van der Waals surface area (Å²) in [5, 5.41) is 24.0. The summed E-state index contributed by atoms with van der Waals surface area (Å²) in [4.78, 5) is 24.0. The Morgan fingerprint density at radius 3 is 0.970 bits per heavy atom. The van der Waals surface area contributed by atoms with Crippen molar-refractivity contribution in [1.29, 1.82) is 0 Å². The normalized spacial score (nSPS) is 12.0. The Morgan fingerprint density at radius 2 is 0.672 bits per heavy atom. The second-order valence-electron chi connectivity index (χ2n) is 19.2. The van der Waals surface area contributed by atoms with Crippen molar-refractivity contribution in [3.63, 3.8) is 0 Å². The van der Waals surface area contributed by atoms with E-state index in [1.807, 2.05) is 72.8 Å². The molecule has 0 unspecified atom stereocenters. The third-order valence-electron chi connectivity index (χ3n) is 13.8. The molecule has 0 radical (unpaired) electrons. The van der Waals surface area contributed by atoms with Crippen LogP contribution in [0.1, 0.15) is 248 Å². The van der Waals surface area contributed by atoms with Crippen LogP contribution in [0.25, 0.3) is 0 Å². The van der Waals surface area contributed by atoms with Crippen molar-refractivity contribution in [1.82, 2.24) is 0 Å². The van der Waals surface area contributed by atoms with E-state index in [9.17, 15) is 19.8 Å². The minimum absolute atomic E-state index is 0. The number of carbonyl (C=O) groups excluding carboxylic acids is 2. The summed E-state index contributed by atoms with van der Waals surface area (Å²) >= 11 is 0. The molecular formula is C60H82CdO6. The molecule has 6 nitrogen and oxygen atoms in total. The molecule has 0 fully saturated rings. The molecule has 6 rings (SSSR count). The molecule has 0 saturated carbocycles. The maximum atomic E-state index is 12.0. The van der Waals surface area contributed by atoms with Gasteiger partial charge in [0.15, 0.2) is 0 Å². The van der Waals surface area contributed by atoms with Crippen LogP contribution < -0.4 is 19.7 Å². The Kier molecular flexibility index (Phi) is 27.5. The molecule has 0 aliphatic carbocycles. The predicted octanol–water partition coefficient (Wildman–Crippen LogP) is 15.5. The van der Waals surface area contributed by atoms with Crippen molar-refractivity contribution in [3.8, 4) is 23.0 Å². The molecule has 2 aliphatic heterocycles. The molecule has 7 heteroatoms. The Labute approximate surface area is 425 Å². The zero-order valence-corrected chi connectivity index (χ0v) is 45.7. The van der Waals surface area contributed by atoms with Gasteiger partial charge >= 0.3 is 27.3 Å². The SMILES string of the molecule is CCCCCCCCCCCCCCCCc1ccc2c(c1C(=O)[O-])Cc1ccccc1O2.CCCCCCCCCCCCCCCCc1ccc2c(c1C(=O)[O-])Cc1ccccc1O2.[Cd+2]. The maximum Gasteiger partial charge on any atom is 2.00 e. The van der Waals surface area contributed by atoms with E-state index < -0.39 is 11.9 Å². The number of para-hydroxylation sites is 2. The number of hydrogen-bond acceptors (Lipinski definition) is 6. The fourth-order valence-corrected chi connectivity index (χ4v) is 9.96. The van der Waals surface area contributed by atoms with Gasteiger partial charge in [0.25, 0.3) is 0 Å². The van der Waals surface area contributed by atoms with Crippen molar-refractivity contribution in [2.24, 2.45) is 0 Å². The summed E-state index contributed by atoms with van der Waals surface area (Å²) < 4.78 is 11.9. The third-order valence-corrected chi connectivity index (χ3v) is 13.8. The average molecular weight is 1010 g/mol. The zero-order valence-electron chi connectivity index (χ0n) is 41.7. The maximum absolute atomic E-state index is 12.0. The number of rotatable bonds is 32. The minimum atomic E-state index is -1.09. The molecule has 2 aliphatic rings. The molecule has 0 saturated heterocycles. The molecule has 4 aromatic rings. The summed E-state index contributed by atoms with van der Waals surface area (Å²) in [6.07, 6.45) is 39.8. The number of aromatic carboxylic acids is 2. The van der Waals surface area contributed by atoms with Crippen LogP contribution in [0, 0.1) is 0 Å². The Hall–Kier alpha value is -3.66. The first-order chi connectivity index (χ1) is 32.4. The van der Waals surface area contributed by atoms with Crippen LogP contribution in [-0.4, -0.2) is 11.9 Å². The fourth-order valence-electron chi connectivity index (χ4n) is 9.96. The van der Waals surface area contributed by atoms with E-state index >= 15 is 0 Å². The number of benzene rings is 4. The Balaban J connectivity index is 0.000000288. The third kappa shape index (κ3) is 19.3. The number of carboxylic acid groups (broad SMARTS) is 2. The van der Waals surface area contributed by atoms with Gasteiger partial charge in [-0.1, -0.05) is 229 Å². The van der Waals surface area contributed by atoms with Gasteiger partial charge in [0.2, 0.25) is 0 Å². The number of unbranched alkanes of at least 4 members (excludes halogenated alkanes) is 26. The van der Waals surface area contributed by atoms with Gasteiger partial charge in [0.05, 0.1) is 11.9 Å². The van der Waals surface area contributed by atoms with Crippen LogP contribution in [0.4, 0.5) is 0 Å². The van der Waals surface area contributed by atoms with Crippen LogP contribution >= 0.6 is 0 Å². The molecule has 67 heavy (non-hydrogen) atoms. The first-order valence-corrected chi connectivity index (χ1v) is 26.6. The first kappa shape index (κ1) is 55.9. The van der Waals surface area contributed by atoms with Gasteiger partial charge in [-0.3, -0.25) is 0 Å². The van der Waals surface area contributed by atoms with Gasteiger partial charge in [-0.2, -0.15) is 0 Å². The van der Waals surface area contributed by atoms with Crippen molar-refractivity contribution < 1.29 is 56.6 Å². The van der Waals surface area contributed by atoms with Crippen molar-refractivity contribution in [2.75, 3.05) is 0 Å². The van der Waals surface area contributed by atoms with Crippen LogP contribution in [0.2, 0.25) is 0 Å². The standard InChI is InChI=1S/2C30H42O3.Cd/c2*1-2-3-4-5-6-7-8-9-10-11-12-13-14-15-18-24-21-22-28-26(29(24)30(31)32)23-25-19-16-17-20-27(25)33-28;/h2*16-17,19-22H,2-15,18,23H2,1H3,(H,31,32);/q;;+2/p-2. The van der Waals surface area contributed by atoms with Gasteiger partial charge in [-0.25, -0.2) is 0 Å². The number of aryl methyl sites for hydroxylation is 2. The smallest absolute Gasteiger partial charge is 0.545 e. The van der Waals surface area contributed by atoms with Crippen LogP contribution in [0.5, 0.6) is 23.0 Å². The summed E-state index contributed by atoms with van der Waals surface area (Å²) in [5.41, 5.74) is 6.04. The molecule has 0 amide bonds. The monoisotopic (exact) mass is 1010 g/mol. The predicted molar refractivity (Wildman–Crippen MR) is 268 cm³/mol. The van der Waals surface area contributed by atoms with Gasteiger partial charge < -0.3 is 29.3 Å². The molecule has 0 N–H and O–H groups in total. The summed E-state index contributed by atoms with van der Waals surface area (Å²) in [5.74, 6) is 0.753. The summed E-state index contributed by atoms with van der Waals surface area (Å²) in [7, 11) is 0. The second-order valence-corrected chi connectivity index (χ2v) is 19.2. The van der Waals surface area contributed by atoms with Gasteiger partial charge in [0, 0.05) is 35.1 Å². The number of carboxylic acids is 2. The van der Waals surface area contributed by atoms with Crippen molar-refractivity contribution >= 4 is 11.9 Å².